The molecule has 0 radical (unpaired) electrons. The van der Waals surface area contributed by atoms with E-state index in [1.165, 1.54) is 13.1 Å². The number of hydrogen-bond acceptors (Lipinski definition) is 6. The van der Waals surface area contributed by atoms with Crippen LogP contribution < -0.4 is 10.6 Å². The van der Waals surface area contributed by atoms with Crippen molar-refractivity contribution in [1.29, 1.82) is 0 Å². The molecular formula is C31H32N4O5. The molecule has 2 aromatic heterocycles. The summed E-state index contributed by atoms with van der Waals surface area (Å²) in [6, 6.07) is 16.9. The van der Waals surface area contributed by atoms with E-state index in [9.17, 15) is 24.6 Å². The van der Waals surface area contributed by atoms with Crippen LogP contribution in [0.15, 0.2) is 66.9 Å². The number of hydrogen-bond donors (Lipinski definition) is 5. The Morgan fingerprint density at radius 2 is 1.68 bits per heavy atom. The number of para-hydroxylation sites is 1. The lowest BCUT2D eigenvalue weighted by Gasteiger charge is -2.25. The van der Waals surface area contributed by atoms with Gasteiger partial charge in [0.05, 0.1) is 35.1 Å². The highest BCUT2D eigenvalue weighted by atomic mass is 16.3. The molecule has 4 aromatic rings. The van der Waals surface area contributed by atoms with Crippen LogP contribution in [0.5, 0.6) is 11.8 Å². The van der Waals surface area contributed by atoms with Crippen molar-refractivity contribution in [3.05, 3.63) is 89.1 Å². The van der Waals surface area contributed by atoms with E-state index in [-0.39, 0.29) is 35.3 Å². The number of H-pyrrole nitrogens is 1. The van der Waals surface area contributed by atoms with E-state index < -0.39 is 29.7 Å². The number of aromatic nitrogens is 2. The van der Waals surface area contributed by atoms with Gasteiger partial charge in [0.15, 0.2) is 11.7 Å². The summed E-state index contributed by atoms with van der Waals surface area (Å²) in [5.41, 5.74) is 2.10. The summed E-state index contributed by atoms with van der Waals surface area (Å²) in [7, 11) is 0. The van der Waals surface area contributed by atoms with Gasteiger partial charge in [-0.25, -0.2) is 0 Å². The highest BCUT2D eigenvalue weighted by Crippen LogP contribution is 2.34. The molecule has 5 N–H and O–H groups in total. The number of aromatic hydroxyl groups is 2. The van der Waals surface area contributed by atoms with E-state index in [1.807, 2.05) is 54.6 Å². The van der Waals surface area contributed by atoms with E-state index in [0.29, 0.717) is 5.56 Å². The number of carbonyl (C=O) groups excluding carboxylic acids is 3. The Kier molecular flexibility index (Phi) is 7.82. The van der Waals surface area contributed by atoms with Crippen LogP contribution >= 0.6 is 0 Å². The molecule has 2 amide bonds. The van der Waals surface area contributed by atoms with Crippen molar-refractivity contribution in [3.8, 4) is 11.8 Å². The van der Waals surface area contributed by atoms with Crippen LogP contribution in [0.1, 0.15) is 70.0 Å². The second-order valence-electron chi connectivity index (χ2n) is 10.3. The third-order valence-corrected chi connectivity index (χ3v) is 7.67. The molecule has 9 nitrogen and oxygen atoms in total. The van der Waals surface area contributed by atoms with Crippen molar-refractivity contribution in [2.75, 3.05) is 0 Å². The summed E-state index contributed by atoms with van der Waals surface area (Å²) in [6.45, 7) is 1.54. The van der Waals surface area contributed by atoms with Gasteiger partial charge in [0.25, 0.3) is 5.91 Å². The summed E-state index contributed by atoms with van der Waals surface area (Å²) < 4.78 is 0. The molecule has 0 saturated heterocycles. The van der Waals surface area contributed by atoms with Gasteiger partial charge in [-0.05, 0) is 43.4 Å². The smallest absolute Gasteiger partial charge is 0.253 e. The number of pyridine rings is 1. The Hall–Kier alpha value is -4.66. The lowest BCUT2D eigenvalue weighted by atomic mass is 9.90. The largest absolute Gasteiger partial charge is 0.494 e. The van der Waals surface area contributed by atoms with Gasteiger partial charge in [0, 0.05) is 17.1 Å². The van der Waals surface area contributed by atoms with Gasteiger partial charge in [-0.1, -0.05) is 61.4 Å². The summed E-state index contributed by atoms with van der Waals surface area (Å²) in [5, 5.41) is 27.0. The van der Waals surface area contributed by atoms with Crippen LogP contribution in [-0.4, -0.2) is 43.8 Å². The van der Waals surface area contributed by atoms with Crippen LogP contribution in [0.4, 0.5) is 0 Å². The SMILES string of the molecule is Cc1c(O)[nH]c(O)c1C(=O)[C@@H](NC(=O)C[C@H](NC(=O)c1cnc2ccccc2c1)c1ccccc1)C1CCCC1. The fourth-order valence-corrected chi connectivity index (χ4v) is 5.50. The van der Waals surface area contributed by atoms with Crippen LogP contribution in [0, 0.1) is 12.8 Å². The Morgan fingerprint density at radius 3 is 2.38 bits per heavy atom. The van der Waals surface area contributed by atoms with Crippen molar-refractivity contribution in [2.45, 2.75) is 51.1 Å². The minimum Gasteiger partial charge on any atom is -0.494 e. The number of aromatic amines is 1. The van der Waals surface area contributed by atoms with Crippen LogP contribution in [0.3, 0.4) is 0 Å². The van der Waals surface area contributed by atoms with E-state index in [2.05, 4.69) is 20.6 Å². The normalized spacial score (nSPS) is 15.0. The molecule has 5 rings (SSSR count). The molecule has 0 spiro atoms. The topological polar surface area (TPSA) is 144 Å². The molecule has 9 heteroatoms. The van der Waals surface area contributed by atoms with Crippen LogP contribution in [-0.2, 0) is 4.79 Å². The van der Waals surface area contributed by atoms with E-state index in [0.717, 1.165) is 42.1 Å². The molecule has 2 aromatic carbocycles. The zero-order chi connectivity index (χ0) is 28.2. The van der Waals surface area contributed by atoms with Gasteiger partial charge in [-0.2, -0.15) is 0 Å². The van der Waals surface area contributed by atoms with Crippen LogP contribution in [0.25, 0.3) is 10.9 Å². The van der Waals surface area contributed by atoms with Gasteiger partial charge >= 0.3 is 0 Å². The molecule has 2 atom stereocenters. The molecule has 2 heterocycles. The number of rotatable bonds is 9. The highest BCUT2D eigenvalue weighted by Gasteiger charge is 2.36. The summed E-state index contributed by atoms with van der Waals surface area (Å²) in [6.07, 6.45) is 4.82. The number of carbonyl (C=O) groups is 3. The standard InChI is InChI=1S/C31H32N4O5/c1-18-26(31(40)35-29(18)38)28(37)27(20-11-5-6-12-20)34-25(36)16-24(19-9-3-2-4-10-19)33-30(39)22-15-21-13-7-8-14-23(21)32-17-22/h2-4,7-10,13-15,17,20,24,27,35,38,40H,5-6,11-12,16H2,1H3,(H,33,39)(H,34,36)/t24-,27-/m0/s1. The molecule has 0 bridgehead atoms. The van der Waals surface area contributed by atoms with Crippen molar-refractivity contribution in [1.82, 2.24) is 20.6 Å². The first-order valence-corrected chi connectivity index (χ1v) is 13.5. The minimum absolute atomic E-state index is 0.0218. The number of amides is 2. The van der Waals surface area contributed by atoms with Crippen molar-refractivity contribution < 1.29 is 24.6 Å². The van der Waals surface area contributed by atoms with Gasteiger partial charge in [0.1, 0.15) is 0 Å². The highest BCUT2D eigenvalue weighted by molar-refractivity contribution is 6.05. The maximum Gasteiger partial charge on any atom is 0.253 e. The van der Waals surface area contributed by atoms with E-state index in [4.69, 9.17) is 0 Å². The Balaban J connectivity index is 1.37. The predicted molar refractivity (Wildman–Crippen MR) is 150 cm³/mol. The number of nitrogens with one attached hydrogen (secondary N) is 3. The maximum atomic E-state index is 13.6. The second kappa shape index (κ2) is 11.6. The lowest BCUT2D eigenvalue weighted by molar-refractivity contribution is -0.122. The average molecular weight is 541 g/mol. The van der Waals surface area contributed by atoms with Gasteiger partial charge in [0.2, 0.25) is 11.8 Å². The van der Waals surface area contributed by atoms with Gasteiger partial charge in [-0.3, -0.25) is 24.4 Å². The first-order valence-electron chi connectivity index (χ1n) is 13.5. The zero-order valence-corrected chi connectivity index (χ0v) is 22.2. The number of benzene rings is 2. The summed E-state index contributed by atoms with van der Waals surface area (Å²) in [4.78, 5) is 47.0. The average Bonchev–Trinajstić information content (AvgIpc) is 3.58. The predicted octanol–water partition coefficient (Wildman–Crippen LogP) is 4.70. The van der Waals surface area contributed by atoms with E-state index >= 15 is 0 Å². The minimum atomic E-state index is -0.869. The fourth-order valence-electron chi connectivity index (χ4n) is 5.50. The molecule has 1 aliphatic carbocycles. The van der Waals surface area contributed by atoms with Gasteiger partial charge in [-0.15, -0.1) is 0 Å². The third kappa shape index (κ3) is 5.68. The second-order valence-corrected chi connectivity index (χ2v) is 10.3. The molecule has 40 heavy (non-hydrogen) atoms. The molecule has 206 valence electrons. The summed E-state index contributed by atoms with van der Waals surface area (Å²) in [5.74, 6) is -2.03. The number of fused-ring (bicyclic) bond motifs is 1. The van der Waals surface area contributed by atoms with Gasteiger partial charge < -0.3 is 20.8 Å². The monoisotopic (exact) mass is 540 g/mol. The molecular weight excluding hydrogens is 508 g/mol. The number of nitrogens with zero attached hydrogens (tertiary/aromatic N) is 1. The first-order chi connectivity index (χ1) is 19.3. The molecule has 1 fully saturated rings. The lowest BCUT2D eigenvalue weighted by Crippen LogP contribution is -2.46. The molecule has 0 aliphatic heterocycles. The third-order valence-electron chi connectivity index (χ3n) is 7.67. The molecule has 1 saturated carbocycles. The van der Waals surface area contributed by atoms with E-state index in [1.54, 1.807) is 6.07 Å². The van der Waals surface area contributed by atoms with Crippen molar-refractivity contribution >= 4 is 28.5 Å². The Labute approximate surface area is 231 Å². The zero-order valence-electron chi connectivity index (χ0n) is 22.2. The summed E-state index contributed by atoms with van der Waals surface area (Å²) >= 11 is 0. The maximum absolute atomic E-state index is 13.6. The Bertz CT molecular complexity index is 1540. The Morgan fingerprint density at radius 1 is 0.975 bits per heavy atom. The van der Waals surface area contributed by atoms with Crippen LogP contribution in [0.2, 0.25) is 0 Å². The number of Topliss-reactive ketones (excluding diaryl/α,β-unsaturated/α-hetero) is 1. The molecule has 0 unspecified atom stereocenters. The first kappa shape index (κ1) is 26.9. The molecule has 1 aliphatic rings. The fraction of sp³-hybridized carbons (Fsp3) is 0.290. The van der Waals surface area contributed by atoms with Crippen molar-refractivity contribution in [2.24, 2.45) is 5.92 Å². The number of ketones is 1. The van der Waals surface area contributed by atoms with Crippen molar-refractivity contribution in [3.63, 3.8) is 0 Å². The quantitative estimate of drug-likeness (QED) is 0.195.